The molecular weight excluding hydrogens is 354 g/mol. The Morgan fingerprint density at radius 3 is 2.00 bits per heavy atom. The molecule has 0 atom stereocenters. The van der Waals surface area contributed by atoms with Crippen LogP contribution in [0.3, 0.4) is 0 Å². The van der Waals surface area contributed by atoms with Crippen molar-refractivity contribution < 1.29 is 16.8 Å². The van der Waals surface area contributed by atoms with E-state index in [-0.39, 0.29) is 30.4 Å². The molecule has 0 aromatic carbocycles. The van der Waals surface area contributed by atoms with Crippen molar-refractivity contribution in [2.45, 2.75) is 54.6 Å². The lowest BCUT2D eigenvalue weighted by Gasteiger charge is -2.29. The van der Waals surface area contributed by atoms with E-state index in [4.69, 9.17) is 0 Å². The highest BCUT2D eigenvalue weighted by atomic mass is 79.9. The summed E-state index contributed by atoms with van der Waals surface area (Å²) in [6.45, 7) is 0. The number of sulfone groups is 1. The van der Waals surface area contributed by atoms with E-state index in [0.717, 1.165) is 25.7 Å². The minimum absolute atomic E-state index is 0.00722. The number of nitrogens with one attached hydrogen (secondary N) is 1. The van der Waals surface area contributed by atoms with Gasteiger partial charge in [0.15, 0.2) is 0 Å². The molecule has 1 heterocycles. The van der Waals surface area contributed by atoms with Crippen LogP contribution in [0.15, 0.2) is 0 Å². The summed E-state index contributed by atoms with van der Waals surface area (Å²) >= 11 is 3.54. The van der Waals surface area contributed by atoms with Gasteiger partial charge in [-0.2, -0.15) is 0 Å². The van der Waals surface area contributed by atoms with Gasteiger partial charge in [0.1, 0.15) is 9.84 Å². The van der Waals surface area contributed by atoms with Crippen LogP contribution < -0.4 is 4.72 Å². The lowest BCUT2D eigenvalue weighted by molar-refractivity contribution is 0.419. The maximum absolute atomic E-state index is 12.2. The van der Waals surface area contributed by atoms with Crippen molar-refractivity contribution >= 4 is 35.8 Å². The molecule has 1 aliphatic carbocycles. The van der Waals surface area contributed by atoms with E-state index in [1.807, 2.05) is 0 Å². The molecular formula is C11H20BrNO4S2. The van der Waals surface area contributed by atoms with Crippen LogP contribution in [0.2, 0.25) is 0 Å². The standard InChI is InChI=1S/C11H20BrNO4S2/c12-9-1-3-10(4-2-9)13-19(16,17)11-5-7-18(14,15)8-6-11/h9-11,13H,1-8H2. The molecule has 112 valence electrons. The molecule has 0 spiro atoms. The number of hydrogen-bond acceptors (Lipinski definition) is 4. The van der Waals surface area contributed by atoms with Crippen LogP contribution in [-0.2, 0) is 19.9 Å². The van der Waals surface area contributed by atoms with Gasteiger partial charge < -0.3 is 0 Å². The fraction of sp³-hybridized carbons (Fsp3) is 1.00. The Morgan fingerprint density at radius 1 is 0.947 bits per heavy atom. The largest absolute Gasteiger partial charge is 0.229 e. The molecule has 2 fully saturated rings. The molecule has 0 unspecified atom stereocenters. The quantitative estimate of drug-likeness (QED) is 0.753. The zero-order valence-electron chi connectivity index (χ0n) is 10.7. The first kappa shape index (κ1) is 15.7. The van der Waals surface area contributed by atoms with Crippen molar-refractivity contribution in [2.75, 3.05) is 11.5 Å². The van der Waals surface area contributed by atoms with E-state index in [1.165, 1.54) is 0 Å². The molecule has 0 radical (unpaired) electrons. The van der Waals surface area contributed by atoms with Crippen LogP contribution >= 0.6 is 15.9 Å². The van der Waals surface area contributed by atoms with Crippen molar-refractivity contribution in [3.8, 4) is 0 Å². The molecule has 1 saturated carbocycles. The third kappa shape index (κ3) is 4.41. The highest BCUT2D eigenvalue weighted by Crippen LogP contribution is 2.26. The molecule has 0 aromatic rings. The Kier molecular flexibility index (Phi) is 4.96. The van der Waals surface area contributed by atoms with Crippen LogP contribution in [0, 0.1) is 0 Å². The topological polar surface area (TPSA) is 80.3 Å². The van der Waals surface area contributed by atoms with Gasteiger partial charge in [-0.25, -0.2) is 21.6 Å². The molecule has 0 amide bonds. The minimum Gasteiger partial charge on any atom is -0.229 e. The SMILES string of the molecule is O=S1(=O)CCC(S(=O)(=O)NC2CCC(Br)CC2)CC1. The van der Waals surface area contributed by atoms with Gasteiger partial charge in [0, 0.05) is 10.9 Å². The second-order valence-electron chi connectivity index (χ2n) is 5.46. The fourth-order valence-corrected chi connectivity index (χ4v) is 6.75. The lowest BCUT2D eigenvalue weighted by atomic mass is 9.96. The summed E-state index contributed by atoms with van der Waals surface area (Å²) in [6.07, 6.45) is 4.11. The number of rotatable bonds is 3. The van der Waals surface area contributed by atoms with Gasteiger partial charge in [0.05, 0.1) is 16.8 Å². The number of alkyl halides is 1. The molecule has 1 N–H and O–H groups in total. The highest BCUT2D eigenvalue weighted by Gasteiger charge is 2.34. The molecule has 0 bridgehead atoms. The molecule has 8 heteroatoms. The van der Waals surface area contributed by atoms with Gasteiger partial charge in [0.25, 0.3) is 0 Å². The zero-order chi connectivity index (χ0) is 14.1. The maximum atomic E-state index is 12.2. The van der Waals surface area contributed by atoms with Crippen molar-refractivity contribution in [2.24, 2.45) is 0 Å². The van der Waals surface area contributed by atoms with Crippen molar-refractivity contribution in [1.82, 2.24) is 4.72 Å². The Hall–Kier alpha value is 0.340. The fourth-order valence-electron chi connectivity index (χ4n) is 2.68. The summed E-state index contributed by atoms with van der Waals surface area (Å²) in [5.74, 6) is -0.0144. The Labute approximate surface area is 123 Å². The lowest BCUT2D eigenvalue weighted by Crippen LogP contribution is -2.45. The summed E-state index contributed by atoms with van der Waals surface area (Å²) in [5, 5.41) is -0.544. The maximum Gasteiger partial charge on any atom is 0.214 e. The number of sulfonamides is 1. The highest BCUT2D eigenvalue weighted by molar-refractivity contribution is 9.09. The average molecular weight is 374 g/mol. The molecule has 2 rings (SSSR count). The van der Waals surface area contributed by atoms with Crippen molar-refractivity contribution in [3.63, 3.8) is 0 Å². The molecule has 0 aromatic heterocycles. The zero-order valence-corrected chi connectivity index (χ0v) is 13.9. The minimum atomic E-state index is -3.38. The molecule has 5 nitrogen and oxygen atoms in total. The summed E-state index contributed by atoms with van der Waals surface area (Å²) in [6, 6.07) is 0.0114. The van der Waals surface area contributed by atoms with Crippen LogP contribution in [0.5, 0.6) is 0 Å². The van der Waals surface area contributed by atoms with Gasteiger partial charge in [-0.1, -0.05) is 15.9 Å². The van der Waals surface area contributed by atoms with E-state index >= 15 is 0 Å². The van der Waals surface area contributed by atoms with Gasteiger partial charge in [0.2, 0.25) is 10.0 Å². The van der Waals surface area contributed by atoms with E-state index < -0.39 is 25.1 Å². The second kappa shape index (κ2) is 5.99. The van der Waals surface area contributed by atoms with E-state index in [1.54, 1.807) is 0 Å². The van der Waals surface area contributed by atoms with Crippen LogP contribution in [0.1, 0.15) is 38.5 Å². The van der Waals surface area contributed by atoms with E-state index in [2.05, 4.69) is 20.7 Å². The van der Waals surface area contributed by atoms with Crippen LogP contribution in [0.25, 0.3) is 0 Å². The molecule has 19 heavy (non-hydrogen) atoms. The van der Waals surface area contributed by atoms with Crippen molar-refractivity contribution in [1.29, 1.82) is 0 Å². The van der Waals surface area contributed by atoms with Crippen molar-refractivity contribution in [3.05, 3.63) is 0 Å². The van der Waals surface area contributed by atoms with Crippen LogP contribution in [0.4, 0.5) is 0 Å². The van der Waals surface area contributed by atoms with Gasteiger partial charge >= 0.3 is 0 Å². The Morgan fingerprint density at radius 2 is 1.47 bits per heavy atom. The summed E-state index contributed by atoms with van der Waals surface area (Å²) in [7, 11) is -6.40. The predicted molar refractivity (Wildman–Crippen MR) is 78.7 cm³/mol. The van der Waals surface area contributed by atoms with Crippen LogP contribution in [-0.4, -0.2) is 44.5 Å². The Bertz CT molecular complexity index is 495. The first-order chi connectivity index (χ1) is 8.78. The third-order valence-electron chi connectivity index (χ3n) is 3.93. The first-order valence-electron chi connectivity index (χ1n) is 6.64. The van der Waals surface area contributed by atoms with E-state index in [9.17, 15) is 16.8 Å². The second-order valence-corrected chi connectivity index (χ2v) is 11.1. The molecule has 1 saturated heterocycles. The summed E-state index contributed by atoms with van der Waals surface area (Å²) in [4.78, 5) is 0.494. The summed E-state index contributed by atoms with van der Waals surface area (Å²) < 4.78 is 49.9. The normalized spacial score (nSPS) is 33.1. The number of halogens is 1. The monoisotopic (exact) mass is 373 g/mol. The number of hydrogen-bond donors (Lipinski definition) is 1. The van der Waals surface area contributed by atoms with E-state index in [0.29, 0.717) is 4.83 Å². The van der Waals surface area contributed by atoms with Gasteiger partial charge in [-0.15, -0.1) is 0 Å². The predicted octanol–water partition coefficient (Wildman–Crippen LogP) is 1.19. The Balaban J connectivity index is 1.92. The smallest absolute Gasteiger partial charge is 0.214 e. The molecule has 2 aliphatic rings. The third-order valence-corrected chi connectivity index (χ3v) is 8.57. The van der Waals surface area contributed by atoms with Gasteiger partial charge in [-0.3, -0.25) is 0 Å². The first-order valence-corrected chi connectivity index (χ1v) is 10.9. The molecule has 1 aliphatic heterocycles. The summed E-state index contributed by atoms with van der Waals surface area (Å²) in [5.41, 5.74) is 0. The van der Waals surface area contributed by atoms with Gasteiger partial charge in [-0.05, 0) is 38.5 Å². The average Bonchev–Trinajstić information content (AvgIpc) is 2.31.